The minimum Gasteiger partial charge on any atom is -0.360 e. The van der Waals surface area contributed by atoms with Crippen molar-refractivity contribution in [1.82, 2.24) is 24.5 Å². The third-order valence-corrected chi connectivity index (χ3v) is 6.77. The van der Waals surface area contributed by atoms with Crippen molar-refractivity contribution in [3.8, 4) is 0 Å². The molecule has 31 heavy (non-hydrogen) atoms. The molecule has 2 heterocycles. The van der Waals surface area contributed by atoms with Crippen molar-refractivity contribution < 1.29 is 22.7 Å². The van der Waals surface area contributed by atoms with Crippen LogP contribution in [-0.4, -0.2) is 66.6 Å². The molecule has 1 atom stereocenters. The Hall–Kier alpha value is -2.76. The number of hydrogen-bond donors (Lipinski definition) is 2. The van der Waals surface area contributed by atoms with Gasteiger partial charge in [0, 0.05) is 32.0 Å². The average Bonchev–Trinajstić information content (AvgIpc) is 3.29. The molecule has 1 aromatic carbocycles. The van der Waals surface area contributed by atoms with Crippen molar-refractivity contribution >= 4 is 21.8 Å². The first-order chi connectivity index (χ1) is 14.9. The number of hydrogen-bond acceptors (Lipinski definition) is 6. The molecule has 2 amide bonds. The van der Waals surface area contributed by atoms with Crippen molar-refractivity contribution in [2.45, 2.75) is 37.4 Å². The quantitative estimate of drug-likeness (QED) is 0.440. The van der Waals surface area contributed by atoms with Gasteiger partial charge in [0.05, 0.1) is 24.4 Å². The van der Waals surface area contributed by atoms with Crippen LogP contribution in [0.25, 0.3) is 0 Å². The van der Waals surface area contributed by atoms with E-state index < -0.39 is 28.1 Å². The van der Waals surface area contributed by atoms with Crippen LogP contribution in [0.15, 0.2) is 47.9 Å². The van der Waals surface area contributed by atoms with Crippen molar-refractivity contribution in [2.24, 2.45) is 0 Å². The largest absolute Gasteiger partial charge is 0.360 e. The molecule has 1 aliphatic rings. The number of aromatic nitrogens is 2. The van der Waals surface area contributed by atoms with E-state index in [-0.39, 0.29) is 18.0 Å². The molecule has 2 N–H and O–H groups in total. The zero-order valence-corrected chi connectivity index (χ0v) is 18.2. The summed E-state index contributed by atoms with van der Waals surface area (Å²) < 4.78 is 34.7. The maximum absolute atomic E-state index is 13.0. The van der Waals surface area contributed by atoms with E-state index in [1.165, 1.54) is 4.31 Å². The maximum Gasteiger partial charge on any atom is 0.309 e. The number of rotatable bonds is 8. The van der Waals surface area contributed by atoms with Crippen LogP contribution >= 0.6 is 0 Å². The second-order valence-corrected chi connectivity index (χ2v) is 9.12. The highest BCUT2D eigenvalue weighted by atomic mass is 32.2. The van der Waals surface area contributed by atoms with Crippen LogP contribution in [0.5, 0.6) is 0 Å². The zero-order chi connectivity index (χ0) is 22.3. The lowest BCUT2D eigenvalue weighted by atomic mass is 10.2. The van der Waals surface area contributed by atoms with E-state index >= 15 is 0 Å². The number of carbonyl (C=O) groups excluding carboxylic acids is 2. The van der Waals surface area contributed by atoms with Gasteiger partial charge in [-0.1, -0.05) is 17.7 Å². The predicted molar refractivity (Wildman–Crippen MR) is 112 cm³/mol. The summed E-state index contributed by atoms with van der Waals surface area (Å²) in [4.78, 5) is 28.2. The molecule has 2 aromatic rings. The lowest BCUT2D eigenvalue weighted by molar-refractivity contribution is -0.140. The van der Waals surface area contributed by atoms with Crippen molar-refractivity contribution in [3.05, 3.63) is 48.5 Å². The van der Waals surface area contributed by atoms with Gasteiger partial charge in [-0.2, -0.15) is 4.31 Å². The number of benzene rings is 1. The Kier molecular flexibility index (Phi) is 7.77. The van der Waals surface area contributed by atoms with Gasteiger partial charge >= 0.3 is 11.8 Å². The fourth-order valence-electron chi connectivity index (χ4n) is 3.17. The Balaban J connectivity index is 1.50. The Morgan fingerprint density at radius 2 is 1.94 bits per heavy atom. The predicted octanol–water partition coefficient (Wildman–Crippen LogP) is 0.251. The molecule has 0 saturated carbocycles. The summed E-state index contributed by atoms with van der Waals surface area (Å²) in [5.41, 5.74) is 0.952. The van der Waals surface area contributed by atoms with E-state index in [1.54, 1.807) is 36.8 Å². The minimum atomic E-state index is -3.79. The first-order valence-electron chi connectivity index (χ1n) is 10.1. The van der Waals surface area contributed by atoms with Crippen LogP contribution in [-0.2, 0) is 30.9 Å². The monoisotopic (exact) mass is 449 g/mol. The molecule has 0 unspecified atom stereocenters. The summed E-state index contributed by atoms with van der Waals surface area (Å²) in [6.45, 7) is 3.41. The Bertz CT molecular complexity index is 976. The second kappa shape index (κ2) is 10.5. The molecule has 1 fully saturated rings. The summed E-state index contributed by atoms with van der Waals surface area (Å²) in [6.07, 6.45) is 5.47. The molecule has 1 saturated heterocycles. The molecule has 3 rings (SSSR count). The molecule has 0 spiro atoms. The number of nitrogens with one attached hydrogen (secondary N) is 2. The number of amides is 2. The first kappa shape index (κ1) is 22.9. The smallest absolute Gasteiger partial charge is 0.309 e. The van der Waals surface area contributed by atoms with Crippen LogP contribution in [0.4, 0.5) is 0 Å². The number of sulfonamides is 1. The highest BCUT2D eigenvalue weighted by molar-refractivity contribution is 7.89. The van der Waals surface area contributed by atoms with E-state index in [4.69, 9.17) is 4.74 Å². The van der Waals surface area contributed by atoms with Gasteiger partial charge in [-0.15, -0.1) is 0 Å². The molecule has 1 aliphatic heterocycles. The molecular weight excluding hydrogens is 422 g/mol. The SMILES string of the molecule is Cc1ccc(S(=O)(=O)N2CCCO[C@@H]2CNC(=O)C(=O)NCCCn2ccnc2)cc1. The van der Waals surface area contributed by atoms with E-state index in [2.05, 4.69) is 15.6 Å². The van der Waals surface area contributed by atoms with Gasteiger partial charge in [-0.05, 0) is 31.9 Å². The summed E-state index contributed by atoms with van der Waals surface area (Å²) in [5, 5.41) is 5.02. The topological polar surface area (TPSA) is 123 Å². The lowest BCUT2D eigenvalue weighted by Crippen LogP contribution is -2.53. The Morgan fingerprint density at radius 3 is 2.65 bits per heavy atom. The second-order valence-electron chi connectivity index (χ2n) is 7.23. The number of ether oxygens (including phenoxy) is 1. The third-order valence-electron chi connectivity index (χ3n) is 4.86. The normalized spacial score (nSPS) is 17.3. The summed E-state index contributed by atoms with van der Waals surface area (Å²) in [5.74, 6) is -1.60. The van der Waals surface area contributed by atoms with Gasteiger partial charge in [-0.25, -0.2) is 13.4 Å². The third kappa shape index (κ3) is 6.12. The van der Waals surface area contributed by atoms with E-state index in [9.17, 15) is 18.0 Å². The molecule has 10 nitrogen and oxygen atoms in total. The van der Waals surface area contributed by atoms with Gasteiger partial charge < -0.3 is 19.9 Å². The van der Waals surface area contributed by atoms with Crippen molar-refractivity contribution in [3.63, 3.8) is 0 Å². The van der Waals surface area contributed by atoms with Crippen LogP contribution in [0, 0.1) is 6.92 Å². The summed E-state index contributed by atoms with van der Waals surface area (Å²) >= 11 is 0. The zero-order valence-electron chi connectivity index (χ0n) is 17.4. The van der Waals surface area contributed by atoms with E-state index in [0.717, 1.165) is 5.56 Å². The minimum absolute atomic E-state index is 0.119. The number of carbonyl (C=O) groups is 2. The highest BCUT2D eigenvalue weighted by Gasteiger charge is 2.34. The summed E-state index contributed by atoms with van der Waals surface area (Å²) in [7, 11) is -3.79. The molecule has 1 aromatic heterocycles. The number of nitrogens with zero attached hydrogens (tertiary/aromatic N) is 3. The van der Waals surface area contributed by atoms with Gasteiger partial charge in [-0.3, -0.25) is 9.59 Å². The summed E-state index contributed by atoms with van der Waals surface area (Å²) in [6, 6.07) is 6.55. The maximum atomic E-state index is 13.0. The first-order valence-corrected chi connectivity index (χ1v) is 11.5. The average molecular weight is 450 g/mol. The van der Waals surface area contributed by atoms with Crippen LogP contribution in [0.2, 0.25) is 0 Å². The molecule has 168 valence electrons. The van der Waals surface area contributed by atoms with E-state index in [0.29, 0.717) is 32.5 Å². The van der Waals surface area contributed by atoms with E-state index in [1.807, 2.05) is 17.7 Å². The molecular formula is C20H27N5O5S. The standard InChI is InChI=1S/C20H27N5O5S/c1-16-4-6-17(7-5-16)31(28,29)25-11-3-13-30-18(25)14-23-20(27)19(26)22-8-2-10-24-12-9-21-15-24/h4-7,9,12,15,18H,2-3,8,10-11,13-14H2,1H3,(H,22,26)(H,23,27)/t18-/m1/s1. The lowest BCUT2D eigenvalue weighted by Gasteiger charge is -2.34. The molecule has 0 radical (unpaired) electrons. The molecule has 0 aliphatic carbocycles. The number of aryl methyl sites for hydroxylation is 2. The Labute approximate surface area is 181 Å². The highest BCUT2D eigenvalue weighted by Crippen LogP contribution is 2.22. The van der Waals surface area contributed by atoms with Gasteiger partial charge in [0.2, 0.25) is 10.0 Å². The van der Waals surface area contributed by atoms with Gasteiger partial charge in [0.1, 0.15) is 6.23 Å². The van der Waals surface area contributed by atoms with Gasteiger partial charge in [0.25, 0.3) is 0 Å². The molecule has 11 heteroatoms. The fraction of sp³-hybridized carbons (Fsp3) is 0.450. The van der Waals surface area contributed by atoms with Crippen LogP contribution in [0.3, 0.4) is 0 Å². The van der Waals surface area contributed by atoms with Gasteiger partial charge in [0.15, 0.2) is 0 Å². The van der Waals surface area contributed by atoms with Crippen molar-refractivity contribution in [2.75, 3.05) is 26.2 Å². The Morgan fingerprint density at radius 1 is 1.19 bits per heavy atom. The van der Waals surface area contributed by atoms with Crippen LogP contribution in [0.1, 0.15) is 18.4 Å². The number of imidazole rings is 1. The van der Waals surface area contributed by atoms with Crippen LogP contribution < -0.4 is 10.6 Å². The molecule has 0 bridgehead atoms. The van der Waals surface area contributed by atoms with Crippen molar-refractivity contribution in [1.29, 1.82) is 0 Å². The fourth-order valence-corrected chi connectivity index (χ4v) is 4.74.